The van der Waals surface area contributed by atoms with Crippen molar-refractivity contribution in [2.75, 3.05) is 18.0 Å². The summed E-state index contributed by atoms with van der Waals surface area (Å²) in [5.74, 6) is -0.0297. The predicted molar refractivity (Wildman–Crippen MR) is 103 cm³/mol. The average molecular weight is 374 g/mol. The third-order valence-corrected chi connectivity index (χ3v) is 5.43. The molecule has 2 aromatic rings. The molecule has 0 bridgehead atoms. The molecule has 0 saturated carbocycles. The summed E-state index contributed by atoms with van der Waals surface area (Å²) >= 11 is 0. The number of anilines is 1. The van der Waals surface area contributed by atoms with Crippen molar-refractivity contribution in [2.45, 2.75) is 57.3 Å². The van der Waals surface area contributed by atoms with Crippen LogP contribution in [0, 0.1) is 5.92 Å². The highest BCUT2D eigenvalue weighted by Gasteiger charge is 2.31. The van der Waals surface area contributed by atoms with Crippen molar-refractivity contribution >= 4 is 5.69 Å². The molecule has 2 heterocycles. The molecule has 8 nitrogen and oxygen atoms in total. The monoisotopic (exact) mass is 374 g/mol. The van der Waals surface area contributed by atoms with E-state index in [0.717, 1.165) is 37.9 Å². The number of aliphatic hydroxyl groups excluding tert-OH is 1. The smallest absolute Gasteiger partial charge is 0.178 e. The molecule has 0 spiro atoms. The number of nitrogens with one attached hydrogen (secondary N) is 1. The number of hydrogen-bond acceptors (Lipinski definition) is 7. The van der Waals surface area contributed by atoms with E-state index in [1.54, 1.807) is 0 Å². The Morgan fingerprint density at radius 3 is 2.67 bits per heavy atom. The van der Waals surface area contributed by atoms with Crippen LogP contribution in [0.1, 0.15) is 49.9 Å². The van der Waals surface area contributed by atoms with Crippen molar-refractivity contribution < 1.29 is 10.2 Å². The molecular weight excluding hydrogens is 344 g/mol. The van der Waals surface area contributed by atoms with E-state index in [0.29, 0.717) is 18.7 Å². The number of benzene rings is 1. The number of aromatic amines is 1. The van der Waals surface area contributed by atoms with Crippen LogP contribution >= 0.6 is 0 Å². The zero-order valence-corrected chi connectivity index (χ0v) is 15.8. The molecule has 1 aliphatic heterocycles. The van der Waals surface area contributed by atoms with Crippen LogP contribution in [0.4, 0.5) is 5.69 Å². The van der Waals surface area contributed by atoms with Crippen molar-refractivity contribution in [2.24, 2.45) is 11.7 Å². The normalized spacial score (nSPS) is 20.0. The van der Waals surface area contributed by atoms with Gasteiger partial charge in [0.1, 0.15) is 0 Å². The van der Waals surface area contributed by atoms with Crippen molar-refractivity contribution in [1.82, 2.24) is 20.6 Å². The number of aromatic nitrogens is 4. The van der Waals surface area contributed by atoms with Gasteiger partial charge in [-0.2, -0.15) is 5.21 Å². The van der Waals surface area contributed by atoms with E-state index in [1.807, 2.05) is 6.92 Å². The lowest BCUT2D eigenvalue weighted by Crippen LogP contribution is -2.42. The minimum Gasteiger partial charge on any atom is -0.370 e. The minimum absolute atomic E-state index is 0.210. The highest BCUT2D eigenvalue weighted by molar-refractivity contribution is 5.48. The molecule has 0 aliphatic carbocycles. The standard InChI is InChI=1S/C19H30N6O2/c1-2-4-16(19(26)27)17(18-21-23-24-22-18)11-13-6-8-15(9-7-13)25-10-3-5-14(20)12-25/h6-9,14,16-17,19,26-27H,2-5,10-12,20H2,1H3,(H,21,22,23,24)/t14-,16-,17-/m0/s1. The first-order chi connectivity index (χ1) is 13.1. The molecule has 27 heavy (non-hydrogen) atoms. The summed E-state index contributed by atoms with van der Waals surface area (Å²) in [7, 11) is 0. The zero-order chi connectivity index (χ0) is 19.2. The van der Waals surface area contributed by atoms with Gasteiger partial charge in [-0.05, 0) is 43.4 Å². The van der Waals surface area contributed by atoms with E-state index >= 15 is 0 Å². The second-order valence-corrected chi connectivity index (χ2v) is 7.46. The van der Waals surface area contributed by atoms with Crippen LogP contribution < -0.4 is 10.6 Å². The van der Waals surface area contributed by atoms with Crippen molar-refractivity contribution in [1.29, 1.82) is 0 Å². The van der Waals surface area contributed by atoms with Crippen LogP contribution in [0.15, 0.2) is 24.3 Å². The van der Waals surface area contributed by atoms with Gasteiger partial charge in [-0.25, -0.2) is 0 Å². The highest BCUT2D eigenvalue weighted by atomic mass is 16.5. The number of piperidine rings is 1. The van der Waals surface area contributed by atoms with E-state index in [2.05, 4.69) is 49.8 Å². The summed E-state index contributed by atoms with van der Waals surface area (Å²) in [5.41, 5.74) is 8.38. The molecule has 148 valence electrons. The maximum Gasteiger partial charge on any atom is 0.178 e. The third-order valence-electron chi connectivity index (χ3n) is 5.43. The average Bonchev–Trinajstić information content (AvgIpc) is 3.19. The summed E-state index contributed by atoms with van der Waals surface area (Å²) in [6, 6.07) is 8.65. The molecule has 8 heteroatoms. The third kappa shape index (κ3) is 5.03. The van der Waals surface area contributed by atoms with Crippen LogP contribution in [0.5, 0.6) is 0 Å². The topological polar surface area (TPSA) is 124 Å². The maximum atomic E-state index is 9.88. The second-order valence-electron chi connectivity index (χ2n) is 7.46. The maximum absolute atomic E-state index is 9.88. The largest absolute Gasteiger partial charge is 0.370 e. The Labute approximate surface area is 159 Å². The van der Waals surface area contributed by atoms with Crippen LogP contribution in [0.3, 0.4) is 0 Å². The molecule has 1 saturated heterocycles. The first kappa shape index (κ1) is 19.7. The van der Waals surface area contributed by atoms with E-state index < -0.39 is 6.29 Å². The minimum atomic E-state index is -1.41. The predicted octanol–water partition coefficient (Wildman–Crippen LogP) is 1.18. The van der Waals surface area contributed by atoms with E-state index in [4.69, 9.17) is 5.73 Å². The number of H-pyrrole nitrogens is 1. The number of rotatable bonds is 8. The van der Waals surface area contributed by atoms with Gasteiger partial charge in [0.05, 0.1) is 0 Å². The van der Waals surface area contributed by atoms with Crippen molar-refractivity contribution in [3.63, 3.8) is 0 Å². The molecule has 3 atom stereocenters. The van der Waals surface area contributed by atoms with Crippen LogP contribution in [-0.2, 0) is 6.42 Å². The molecular formula is C19H30N6O2. The van der Waals surface area contributed by atoms with Gasteiger partial charge in [0.25, 0.3) is 0 Å². The summed E-state index contributed by atoms with van der Waals surface area (Å²) in [4.78, 5) is 2.33. The van der Waals surface area contributed by atoms with E-state index in [9.17, 15) is 10.2 Å². The van der Waals surface area contributed by atoms with Gasteiger partial charge in [-0.3, -0.25) is 0 Å². The number of nitrogens with zero attached hydrogens (tertiary/aromatic N) is 4. The molecule has 1 aromatic carbocycles. The summed E-state index contributed by atoms with van der Waals surface area (Å²) in [6.07, 6.45) is 2.95. The SMILES string of the molecule is CCC[C@H](C(O)O)[C@H](Cc1ccc(N2CCC[C@H](N)C2)cc1)c1nn[nH]n1. The molecule has 1 fully saturated rings. The Balaban J connectivity index is 1.75. The quantitative estimate of drug-likeness (QED) is 0.511. The molecule has 1 aliphatic rings. The van der Waals surface area contributed by atoms with Gasteiger partial charge in [0, 0.05) is 36.7 Å². The summed E-state index contributed by atoms with van der Waals surface area (Å²) < 4.78 is 0. The fraction of sp³-hybridized carbons (Fsp3) is 0.632. The number of tetrazole rings is 1. The van der Waals surface area contributed by atoms with Gasteiger partial charge in [0.2, 0.25) is 0 Å². The van der Waals surface area contributed by atoms with Gasteiger partial charge < -0.3 is 20.8 Å². The first-order valence-electron chi connectivity index (χ1n) is 9.77. The summed E-state index contributed by atoms with van der Waals surface area (Å²) in [5, 5.41) is 34.1. The molecule has 3 rings (SSSR count). The van der Waals surface area contributed by atoms with Gasteiger partial charge >= 0.3 is 0 Å². The van der Waals surface area contributed by atoms with Crippen molar-refractivity contribution in [3.8, 4) is 0 Å². The van der Waals surface area contributed by atoms with Crippen LogP contribution in [-0.4, -0.2) is 56.3 Å². The first-order valence-corrected chi connectivity index (χ1v) is 9.77. The Bertz CT molecular complexity index is 676. The Hall–Kier alpha value is -2.03. The van der Waals surface area contributed by atoms with E-state index in [-0.39, 0.29) is 17.9 Å². The van der Waals surface area contributed by atoms with Crippen LogP contribution in [0.2, 0.25) is 0 Å². The Kier molecular flexibility index (Phi) is 6.76. The molecule has 0 unspecified atom stereocenters. The van der Waals surface area contributed by atoms with E-state index in [1.165, 1.54) is 5.69 Å². The fourth-order valence-electron chi connectivity index (χ4n) is 3.99. The lowest BCUT2D eigenvalue weighted by molar-refractivity contribution is -0.0943. The Morgan fingerprint density at radius 1 is 1.30 bits per heavy atom. The molecule has 5 N–H and O–H groups in total. The molecule has 1 aromatic heterocycles. The molecule has 0 amide bonds. The second kappa shape index (κ2) is 9.25. The fourth-order valence-corrected chi connectivity index (χ4v) is 3.99. The number of hydrogen-bond donors (Lipinski definition) is 4. The highest BCUT2D eigenvalue weighted by Crippen LogP contribution is 2.32. The van der Waals surface area contributed by atoms with Crippen LogP contribution in [0.25, 0.3) is 0 Å². The van der Waals surface area contributed by atoms with Gasteiger partial charge in [-0.15, -0.1) is 10.2 Å². The van der Waals surface area contributed by atoms with Gasteiger partial charge in [-0.1, -0.05) is 30.7 Å². The number of aliphatic hydroxyl groups is 2. The summed E-state index contributed by atoms with van der Waals surface area (Å²) in [6.45, 7) is 3.95. The zero-order valence-electron chi connectivity index (χ0n) is 15.8. The van der Waals surface area contributed by atoms with Gasteiger partial charge in [0.15, 0.2) is 12.1 Å². The Morgan fingerprint density at radius 2 is 2.07 bits per heavy atom. The number of nitrogens with two attached hydrogens (primary N) is 1. The lowest BCUT2D eigenvalue weighted by Gasteiger charge is -2.32. The van der Waals surface area contributed by atoms with Crippen molar-refractivity contribution in [3.05, 3.63) is 35.7 Å². The lowest BCUT2D eigenvalue weighted by atomic mass is 9.83. The molecule has 0 radical (unpaired) electrons.